The summed E-state index contributed by atoms with van der Waals surface area (Å²) in [7, 11) is 0. The van der Waals surface area contributed by atoms with Crippen molar-refractivity contribution < 1.29 is 4.74 Å². The van der Waals surface area contributed by atoms with Gasteiger partial charge >= 0.3 is 0 Å². The zero-order valence-electron chi connectivity index (χ0n) is 11.5. The van der Waals surface area contributed by atoms with E-state index in [-0.39, 0.29) is 0 Å². The third-order valence-electron chi connectivity index (χ3n) is 3.28. The molecule has 0 radical (unpaired) electrons. The molecule has 2 heteroatoms. The lowest BCUT2D eigenvalue weighted by atomic mass is 10.0. The molecule has 0 aromatic heterocycles. The lowest BCUT2D eigenvalue weighted by Crippen LogP contribution is -1.88. The molecule has 0 aliphatic heterocycles. The molecule has 0 N–H and O–H groups in total. The molecule has 0 unspecified atom stereocenters. The molecule has 3 aromatic carbocycles. The van der Waals surface area contributed by atoms with Crippen LogP contribution in [0.15, 0.2) is 78.9 Å². The zero-order valence-corrected chi connectivity index (χ0v) is 13.1. The van der Waals surface area contributed by atoms with Gasteiger partial charge in [0.25, 0.3) is 0 Å². The number of ether oxygens (including phenoxy) is 1. The smallest absolute Gasteiger partial charge is 0.135 e. The van der Waals surface area contributed by atoms with Gasteiger partial charge in [-0.1, -0.05) is 76.6 Å². The van der Waals surface area contributed by atoms with Crippen LogP contribution < -0.4 is 4.74 Å². The van der Waals surface area contributed by atoms with Crippen LogP contribution >= 0.6 is 15.9 Å². The third-order valence-corrected chi connectivity index (χ3v) is 3.92. The largest absolute Gasteiger partial charge is 0.457 e. The number of hydrogen-bond acceptors (Lipinski definition) is 1. The van der Waals surface area contributed by atoms with Gasteiger partial charge in [0.15, 0.2) is 0 Å². The van der Waals surface area contributed by atoms with Gasteiger partial charge in [0.1, 0.15) is 11.5 Å². The van der Waals surface area contributed by atoms with Gasteiger partial charge < -0.3 is 4.74 Å². The molecular formula is C19H15BrO. The van der Waals surface area contributed by atoms with E-state index < -0.39 is 0 Å². The fourth-order valence-electron chi connectivity index (χ4n) is 2.19. The molecule has 0 amide bonds. The molecule has 3 rings (SSSR count). The van der Waals surface area contributed by atoms with Crippen LogP contribution in [0.2, 0.25) is 0 Å². The van der Waals surface area contributed by atoms with Crippen molar-refractivity contribution in [2.75, 3.05) is 0 Å². The Morgan fingerprint density at radius 1 is 0.714 bits per heavy atom. The van der Waals surface area contributed by atoms with E-state index in [9.17, 15) is 0 Å². The van der Waals surface area contributed by atoms with Crippen LogP contribution in [0.1, 0.15) is 5.56 Å². The van der Waals surface area contributed by atoms with E-state index in [4.69, 9.17) is 4.74 Å². The van der Waals surface area contributed by atoms with Crippen molar-refractivity contribution >= 4 is 15.9 Å². The Kier molecular flexibility index (Phi) is 4.37. The van der Waals surface area contributed by atoms with Gasteiger partial charge in [-0.25, -0.2) is 0 Å². The second-order valence-electron chi connectivity index (χ2n) is 4.74. The number of para-hydroxylation sites is 1. The van der Waals surface area contributed by atoms with Gasteiger partial charge in [0, 0.05) is 10.9 Å². The maximum absolute atomic E-state index is 6.05. The molecule has 0 atom stereocenters. The summed E-state index contributed by atoms with van der Waals surface area (Å²) >= 11 is 3.45. The van der Waals surface area contributed by atoms with Crippen LogP contribution in [0.5, 0.6) is 11.5 Å². The first-order valence-electron chi connectivity index (χ1n) is 6.84. The van der Waals surface area contributed by atoms with Gasteiger partial charge in [0.05, 0.1) is 0 Å². The Hall–Kier alpha value is -2.06. The Morgan fingerprint density at radius 2 is 1.38 bits per heavy atom. The first-order valence-corrected chi connectivity index (χ1v) is 7.96. The topological polar surface area (TPSA) is 9.23 Å². The summed E-state index contributed by atoms with van der Waals surface area (Å²) in [6, 6.07) is 26.5. The van der Waals surface area contributed by atoms with E-state index in [1.54, 1.807) is 0 Å². The second kappa shape index (κ2) is 6.59. The Balaban J connectivity index is 1.92. The molecule has 0 spiro atoms. The fourth-order valence-corrected chi connectivity index (χ4v) is 2.56. The normalized spacial score (nSPS) is 10.3. The molecule has 1 nitrogen and oxygen atoms in total. The monoisotopic (exact) mass is 338 g/mol. The number of halogens is 1. The third kappa shape index (κ3) is 3.34. The number of alkyl halides is 1. The summed E-state index contributed by atoms with van der Waals surface area (Å²) in [4.78, 5) is 0. The van der Waals surface area contributed by atoms with Crippen molar-refractivity contribution in [3.8, 4) is 22.6 Å². The lowest BCUT2D eigenvalue weighted by molar-refractivity contribution is 0.484. The average molecular weight is 339 g/mol. The molecule has 3 aromatic rings. The summed E-state index contributed by atoms with van der Waals surface area (Å²) in [5, 5.41) is 0.855. The minimum atomic E-state index is 0.850. The van der Waals surface area contributed by atoms with Crippen LogP contribution in [0.25, 0.3) is 11.1 Å². The van der Waals surface area contributed by atoms with Crippen molar-refractivity contribution in [1.29, 1.82) is 0 Å². The predicted molar refractivity (Wildman–Crippen MR) is 91.0 cm³/mol. The van der Waals surface area contributed by atoms with Gasteiger partial charge in [-0.15, -0.1) is 0 Å². The van der Waals surface area contributed by atoms with E-state index >= 15 is 0 Å². The van der Waals surface area contributed by atoms with Gasteiger partial charge in [-0.3, -0.25) is 0 Å². The van der Waals surface area contributed by atoms with Gasteiger partial charge in [-0.2, -0.15) is 0 Å². The Bertz CT molecular complexity index is 705. The number of hydrogen-bond donors (Lipinski definition) is 0. The second-order valence-corrected chi connectivity index (χ2v) is 5.30. The highest BCUT2D eigenvalue weighted by atomic mass is 79.9. The molecule has 104 valence electrons. The van der Waals surface area contributed by atoms with Crippen molar-refractivity contribution in [3.05, 3.63) is 84.4 Å². The first kappa shape index (κ1) is 13.9. The van der Waals surface area contributed by atoms with Crippen LogP contribution in [0.4, 0.5) is 0 Å². The quantitative estimate of drug-likeness (QED) is 0.527. The fraction of sp³-hybridized carbons (Fsp3) is 0.0526. The minimum absolute atomic E-state index is 0.850. The highest BCUT2D eigenvalue weighted by Gasteiger charge is 2.06. The molecule has 0 saturated heterocycles. The van der Waals surface area contributed by atoms with E-state index in [0.29, 0.717) is 0 Å². The molecule has 0 saturated carbocycles. The summed E-state index contributed by atoms with van der Waals surface area (Å²) in [5.41, 5.74) is 3.49. The van der Waals surface area contributed by atoms with E-state index in [0.717, 1.165) is 28.0 Å². The maximum Gasteiger partial charge on any atom is 0.135 e. The SMILES string of the molecule is BrCc1ccc(Oc2ccccc2-c2ccccc2)cc1. The number of benzene rings is 3. The lowest BCUT2D eigenvalue weighted by Gasteiger charge is -2.11. The standard InChI is InChI=1S/C19H15BrO/c20-14-15-10-12-17(13-11-15)21-19-9-5-4-8-18(19)16-6-2-1-3-7-16/h1-13H,14H2. The van der Waals surface area contributed by atoms with E-state index in [1.165, 1.54) is 5.56 Å². The summed E-state index contributed by atoms with van der Waals surface area (Å²) in [6.45, 7) is 0. The molecular weight excluding hydrogens is 324 g/mol. The van der Waals surface area contributed by atoms with Gasteiger partial charge in [0.2, 0.25) is 0 Å². The summed E-state index contributed by atoms with van der Waals surface area (Å²) in [5.74, 6) is 1.72. The predicted octanol–water partition coefficient (Wildman–Crippen LogP) is 6.04. The van der Waals surface area contributed by atoms with Gasteiger partial charge in [-0.05, 0) is 29.3 Å². The molecule has 0 heterocycles. The van der Waals surface area contributed by atoms with Crippen LogP contribution in [-0.4, -0.2) is 0 Å². The van der Waals surface area contributed by atoms with E-state index in [1.807, 2.05) is 48.5 Å². The first-order chi connectivity index (χ1) is 10.4. The van der Waals surface area contributed by atoms with Crippen molar-refractivity contribution in [2.24, 2.45) is 0 Å². The van der Waals surface area contributed by atoms with Crippen molar-refractivity contribution in [2.45, 2.75) is 5.33 Å². The highest BCUT2D eigenvalue weighted by molar-refractivity contribution is 9.08. The van der Waals surface area contributed by atoms with Crippen molar-refractivity contribution in [3.63, 3.8) is 0 Å². The molecule has 21 heavy (non-hydrogen) atoms. The van der Waals surface area contributed by atoms with Crippen LogP contribution in [-0.2, 0) is 5.33 Å². The molecule has 0 bridgehead atoms. The molecule has 0 aliphatic carbocycles. The average Bonchev–Trinajstić information content (AvgIpc) is 2.57. The minimum Gasteiger partial charge on any atom is -0.457 e. The Labute approximate surface area is 133 Å². The van der Waals surface area contributed by atoms with E-state index in [2.05, 4.69) is 46.3 Å². The van der Waals surface area contributed by atoms with Crippen molar-refractivity contribution in [1.82, 2.24) is 0 Å². The zero-order chi connectivity index (χ0) is 14.5. The summed E-state index contributed by atoms with van der Waals surface area (Å²) in [6.07, 6.45) is 0. The number of rotatable bonds is 4. The highest BCUT2D eigenvalue weighted by Crippen LogP contribution is 2.33. The van der Waals surface area contributed by atoms with Crippen LogP contribution in [0.3, 0.4) is 0 Å². The maximum atomic E-state index is 6.05. The summed E-state index contributed by atoms with van der Waals surface area (Å²) < 4.78 is 6.05. The van der Waals surface area contributed by atoms with Crippen LogP contribution in [0, 0.1) is 0 Å². The molecule has 0 fully saturated rings. The molecule has 0 aliphatic rings. The Morgan fingerprint density at radius 3 is 2.10 bits per heavy atom.